The molecule has 0 aliphatic heterocycles. The minimum Gasteiger partial charge on any atom is -0.467 e. The molecule has 0 spiro atoms. The van der Waals surface area contributed by atoms with Crippen molar-refractivity contribution in [2.75, 3.05) is 19.5 Å². The van der Waals surface area contributed by atoms with Crippen LogP contribution in [0.15, 0.2) is 41.1 Å². The first kappa shape index (κ1) is 19.8. The van der Waals surface area contributed by atoms with Crippen LogP contribution >= 0.6 is 0 Å². The highest BCUT2D eigenvalue weighted by atomic mass is 32.2. The van der Waals surface area contributed by atoms with Crippen LogP contribution in [0.4, 0.5) is 10.7 Å². The van der Waals surface area contributed by atoms with Gasteiger partial charge in [0.2, 0.25) is 5.95 Å². The van der Waals surface area contributed by atoms with Crippen LogP contribution in [-0.4, -0.2) is 48.8 Å². The van der Waals surface area contributed by atoms with Gasteiger partial charge in [-0.15, -0.1) is 4.98 Å². The molecule has 0 fully saturated rings. The number of hydrogen-bond acceptors (Lipinski definition) is 11. The van der Waals surface area contributed by atoms with Gasteiger partial charge in [-0.05, 0) is 12.1 Å². The minimum atomic E-state index is -4.55. The molecule has 2 amide bonds. The lowest BCUT2D eigenvalue weighted by atomic mass is 10.1. The highest BCUT2D eigenvalue weighted by Gasteiger charge is 2.21. The van der Waals surface area contributed by atoms with E-state index in [-0.39, 0.29) is 23.7 Å². The van der Waals surface area contributed by atoms with E-state index in [4.69, 9.17) is 18.2 Å². The third-order valence-corrected chi connectivity index (χ3v) is 4.04. The van der Waals surface area contributed by atoms with Crippen molar-refractivity contribution in [3.63, 3.8) is 0 Å². The fourth-order valence-corrected chi connectivity index (χ4v) is 2.76. The molecular formula is C15H14N6O7S. The summed E-state index contributed by atoms with van der Waals surface area (Å²) in [4.78, 5) is 23.3. The lowest BCUT2D eigenvalue weighted by Gasteiger charge is -2.11. The quantitative estimate of drug-likeness (QED) is 0.557. The topological polar surface area (TPSA) is 168 Å². The highest BCUT2D eigenvalue weighted by Crippen LogP contribution is 2.29. The molecule has 3 rings (SSSR count). The SMILES string of the molecule is COc1nc(NC(=O)NS(=O)(=O)Oc2ccccc2-c2ccon2)nc(OC)n1. The molecule has 0 atom stereocenters. The smallest absolute Gasteiger partial charge is 0.411 e. The standard InChI is InChI=1S/C15H14N6O7S/c1-25-14-17-12(18-15(19-14)26-2)16-13(22)21-29(23,24)28-11-6-4-3-5-9(11)10-7-8-27-20-10/h3-8H,1-2H3,(H2,16,17,18,19,21,22). The molecule has 0 unspecified atom stereocenters. The second kappa shape index (κ2) is 8.39. The summed E-state index contributed by atoms with van der Waals surface area (Å²) >= 11 is 0. The monoisotopic (exact) mass is 422 g/mol. The van der Waals surface area contributed by atoms with Gasteiger partial charge in [-0.2, -0.15) is 18.4 Å². The second-order valence-electron chi connectivity index (χ2n) is 5.11. The van der Waals surface area contributed by atoms with Gasteiger partial charge < -0.3 is 18.2 Å². The summed E-state index contributed by atoms with van der Waals surface area (Å²) in [6, 6.07) is 6.23. The predicted octanol–water partition coefficient (Wildman–Crippen LogP) is 0.989. The average Bonchev–Trinajstić information content (AvgIpc) is 3.21. The zero-order valence-corrected chi connectivity index (χ0v) is 15.8. The molecule has 152 valence electrons. The Hall–Kier alpha value is -3.94. The van der Waals surface area contributed by atoms with E-state index >= 15 is 0 Å². The van der Waals surface area contributed by atoms with Crippen molar-refractivity contribution in [3.05, 3.63) is 36.6 Å². The Labute approximate surface area is 164 Å². The molecule has 1 aromatic carbocycles. The molecule has 2 aromatic heterocycles. The van der Waals surface area contributed by atoms with E-state index in [1.54, 1.807) is 22.9 Å². The van der Waals surface area contributed by atoms with Crippen molar-refractivity contribution in [1.82, 2.24) is 24.8 Å². The van der Waals surface area contributed by atoms with Gasteiger partial charge in [-0.25, -0.2) is 9.52 Å². The maximum atomic E-state index is 12.2. The van der Waals surface area contributed by atoms with E-state index in [2.05, 4.69) is 25.4 Å². The van der Waals surface area contributed by atoms with E-state index in [0.29, 0.717) is 11.3 Å². The fourth-order valence-electron chi connectivity index (χ4n) is 2.06. The largest absolute Gasteiger partial charge is 0.467 e. The number of carbonyl (C=O) groups excluding carboxylic acids is 1. The Morgan fingerprint density at radius 1 is 1.03 bits per heavy atom. The number of anilines is 1. The van der Waals surface area contributed by atoms with Crippen LogP contribution in [0.5, 0.6) is 17.8 Å². The molecule has 0 saturated carbocycles. The average molecular weight is 422 g/mol. The van der Waals surface area contributed by atoms with Gasteiger partial charge in [-0.1, -0.05) is 17.3 Å². The van der Waals surface area contributed by atoms with Gasteiger partial charge in [0.25, 0.3) is 0 Å². The Bertz CT molecular complexity index is 1080. The Kier molecular flexibility index (Phi) is 5.73. The minimum absolute atomic E-state index is 0.0646. The number of para-hydroxylation sites is 1. The Morgan fingerprint density at radius 3 is 2.34 bits per heavy atom. The maximum Gasteiger partial charge on any atom is 0.411 e. The number of ether oxygens (including phenoxy) is 2. The third kappa shape index (κ3) is 5.07. The van der Waals surface area contributed by atoms with Crippen LogP contribution in [0.1, 0.15) is 0 Å². The van der Waals surface area contributed by atoms with Crippen molar-refractivity contribution < 1.29 is 31.4 Å². The van der Waals surface area contributed by atoms with Gasteiger partial charge in [0, 0.05) is 11.6 Å². The van der Waals surface area contributed by atoms with Crippen molar-refractivity contribution in [2.24, 2.45) is 0 Å². The van der Waals surface area contributed by atoms with Crippen LogP contribution in [0, 0.1) is 0 Å². The molecule has 29 heavy (non-hydrogen) atoms. The van der Waals surface area contributed by atoms with E-state index in [0.717, 1.165) is 0 Å². The number of methoxy groups -OCH3 is 2. The van der Waals surface area contributed by atoms with E-state index in [1.165, 1.54) is 32.6 Å². The van der Waals surface area contributed by atoms with Gasteiger partial charge in [0.15, 0.2) is 5.75 Å². The number of hydrogen-bond donors (Lipinski definition) is 2. The lowest BCUT2D eigenvalue weighted by Crippen LogP contribution is -2.37. The van der Waals surface area contributed by atoms with Crippen LogP contribution in [0.3, 0.4) is 0 Å². The molecule has 0 aliphatic rings. The van der Waals surface area contributed by atoms with E-state index < -0.39 is 16.3 Å². The number of carbonyl (C=O) groups is 1. The predicted molar refractivity (Wildman–Crippen MR) is 96.6 cm³/mol. The summed E-state index contributed by atoms with van der Waals surface area (Å²) in [5.41, 5.74) is 0.698. The number of urea groups is 1. The first-order valence-corrected chi connectivity index (χ1v) is 9.18. The Morgan fingerprint density at radius 2 is 1.72 bits per heavy atom. The molecule has 13 nitrogen and oxygen atoms in total. The summed E-state index contributed by atoms with van der Waals surface area (Å²) in [6.45, 7) is 0. The highest BCUT2D eigenvalue weighted by molar-refractivity contribution is 7.85. The van der Waals surface area contributed by atoms with Gasteiger partial charge >= 0.3 is 28.4 Å². The summed E-state index contributed by atoms with van der Waals surface area (Å²) in [6.07, 6.45) is 1.32. The van der Waals surface area contributed by atoms with E-state index in [9.17, 15) is 13.2 Å². The van der Waals surface area contributed by atoms with Crippen LogP contribution in [0.25, 0.3) is 11.3 Å². The zero-order valence-electron chi connectivity index (χ0n) is 15.0. The first-order chi connectivity index (χ1) is 13.9. The number of nitrogens with zero attached hydrogens (tertiary/aromatic N) is 4. The number of nitrogens with one attached hydrogen (secondary N) is 2. The van der Waals surface area contributed by atoms with Crippen LogP contribution in [0.2, 0.25) is 0 Å². The summed E-state index contributed by atoms with van der Waals surface area (Å²) in [5, 5.41) is 5.85. The number of benzene rings is 1. The molecule has 2 N–H and O–H groups in total. The molecule has 2 heterocycles. The van der Waals surface area contributed by atoms with Crippen molar-refractivity contribution in [1.29, 1.82) is 0 Å². The lowest BCUT2D eigenvalue weighted by molar-refractivity contribution is 0.255. The first-order valence-electron chi connectivity index (χ1n) is 7.77. The molecule has 3 aromatic rings. The molecule has 0 bridgehead atoms. The summed E-state index contributed by atoms with van der Waals surface area (Å²) in [7, 11) is -1.96. The van der Waals surface area contributed by atoms with Crippen LogP contribution in [-0.2, 0) is 10.3 Å². The number of rotatable bonds is 7. The number of amides is 2. The molecule has 0 saturated heterocycles. The normalized spacial score (nSPS) is 10.8. The molecular weight excluding hydrogens is 408 g/mol. The fraction of sp³-hybridized carbons (Fsp3) is 0.133. The van der Waals surface area contributed by atoms with Crippen molar-refractivity contribution in [3.8, 4) is 29.0 Å². The Balaban J connectivity index is 1.73. The van der Waals surface area contributed by atoms with Gasteiger partial charge in [0.1, 0.15) is 12.0 Å². The van der Waals surface area contributed by atoms with Crippen molar-refractivity contribution >= 4 is 22.3 Å². The van der Waals surface area contributed by atoms with Gasteiger partial charge in [0.05, 0.1) is 14.2 Å². The summed E-state index contributed by atoms with van der Waals surface area (Å²) in [5.74, 6) is -0.366. The number of aromatic nitrogens is 4. The van der Waals surface area contributed by atoms with Gasteiger partial charge in [-0.3, -0.25) is 5.32 Å². The maximum absolute atomic E-state index is 12.2. The molecule has 0 radical (unpaired) electrons. The van der Waals surface area contributed by atoms with E-state index in [1.807, 2.05) is 0 Å². The molecule has 14 heteroatoms. The van der Waals surface area contributed by atoms with Crippen molar-refractivity contribution in [2.45, 2.75) is 0 Å². The zero-order chi connectivity index (χ0) is 20.9. The van der Waals surface area contributed by atoms with Crippen LogP contribution < -0.4 is 23.7 Å². The second-order valence-corrected chi connectivity index (χ2v) is 6.39. The summed E-state index contributed by atoms with van der Waals surface area (Å²) < 4.78 is 45.5. The molecule has 0 aliphatic carbocycles. The third-order valence-electron chi connectivity index (χ3n) is 3.20.